The molecule has 2 aromatic heterocycles. The van der Waals surface area contributed by atoms with Gasteiger partial charge < -0.3 is 15.0 Å². The molecule has 0 aliphatic rings. The van der Waals surface area contributed by atoms with Crippen molar-refractivity contribution in [3.63, 3.8) is 0 Å². The third-order valence-electron chi connectivity index (χ3n) is 3.68. The summed E-state index contributed by atoms with van der Waals surface area (Å²) in [4.78, 5) is 19.8. The lowest BCUT2D eigenvalue weighted by Crippen LogP contribution is -2.17. The zero-order valence-electron chi connectivity index (χ0n) is 13.5. The number of hydrogen-bond acceptors (Lipinski definition) is 4. The van der Waals surface area contributed by atoms with Crippen molar-refractivity contribution in [2.75, 3.05) is 0 Å². The monoisotopic (exact) mass is 364 g/mol. The van der Waals surface area contributed by atoms with Crippen molar-refractivity contribution in [1.29, 1.82) is 0 Å². The Morgan fingerprint density at radius 1 is 1.19 bits per heavy atom. The number of rotatable bonds is 6. The lowest BCUT2D eigenvalue weighted by molar-refractivity contribution is -0.274. The average Bonchev–Trinajstić information content (AvgIpc) is 2.91. The topological polar surface area (TPSA) is 83.0 Å². The van der Waals surface area contributed by atoms with Gasteiger partial charge in [0.25, 0.3) is 0 Å². The number of benzene rings is 1. The van der Waals surface area contributed by atoms with Crippen LogP contribution in [0.1, 0.15) is 17.8 Å². The zero-order chi connectivity index (χ0) is 18.7. The maximum Gasteiger partial charge on any atom is 0.573 e. The van der Waals surface area contributed by atoms with E-state index < -0.39 is 12.3 Å². The number of pyridine rings is 1. The second kappa shape index (κ2) is 7.03. The number of hydrogen-bond donors (Lipinski definition) is 1. The van der Waals surface area contributed by atoms with Gasteiger partial charge in [-0.25, -0.2) is 9.97 Å². The van der Waals surface area contributed by atoms with E-state index in [-0.39, 0.29) is 12.2 Å². The van der Waals surface area contributed by atoms with Crippen LogP contribution in [0.15, 0.2) is 42.6 Å². The quantitative estimate of drug-likeness (QED) is 0.729. The number of carbonyl (C=O) groups is 1. The predicted molar refractivity (Wildman–Crippen MR) is 87.3 cm³/mol. The fourth-order valence-corrected chi connectivity index (χ4v) is 2.58. The number of carbonyl (C=O) groups excluding carboxylic acids is 1. The molecule has 2 N–H and O–H groups in total. The molecule has 0 fully saturated rings. The van der Waals surface area contributed by atoms with Gasteiger partial charge in [-0.15, -0.1) is 13.2 Å². The summed E-state index contributed by atoms with van der Waals surface area (Å²) in [6.07, 6.45) is -2.62. The van der Waals surface area contributed by atoms with Crippen molar-refractivity contribution in [3.05, 3.63) is 54.0 Å². The summed E-state index contributed by atoms with van der Waals surface area (Å²) >= 11 is 0. The van der Waals surface area contributed by atoms with Crippen LogP contribution in [-0.2, 0) is 17.8 Å². The van der Waals surface area contributed by atoms with E-state index in [1.807, 2.05) is 4.57 Å². The Morgan fingerprint density at radius 2 is 1.92 bits per heavy atom. The van der Waals surface area contributed by atoms with E-state index in [0.717, 1.165) is 5.56 Å². The number of halogens is 3. The third kappa shape index (κ3) is 4.29. The highest BCUT2D eigenvalue weighted by Gasteiger charge is 2.30. The minimum absolute atomic E-state index is 0.141. The molecule has 1 amide bonds. The van der Waals surface area contributed by atoms with E-state index in [1.54, 1.807) is 18.3 Å². The fraction of sp³-hybridized carbons (Fsp3) is 0.235. The van der Waals surface area contributed by atoms with Crippen molar-refractivity contribution in [2.24, 2.45) is 5.73 Å². The number of imidazole rings is 1. The van der Waals surface area contributed by atoms with E-state index in [0.29, 0.717) is 30.0 Å². The molecule has 0 bridgehead atoms. The number of aryl methyl sites for hydroxylation is 1. The average molecular weight is 364 g/mol. The lowest BCUT2D eigenvalue weighted by Gasteiger charge is -2.11. The molecule has 0 atom stereocenters. The SMILES string of the molecule is NC(=O)CCc1nc2cccnc2n1Cc1ccc(OC(F)(F)F)cc1. The first-order chi connectivity index (χ1) is 12.3. The Morgan fingerprint density at radius 3 is 2.58 bits per heavy atom. The van der Waals surface area contributed by atoms with Crippen LogP contribution < -0.4 is 10.5 Å². The Bertz CT molecular complexity index is 920. The van der Waals surface area contributed by atoms with Crippen LogP contribution in [-0.4, -0.2) is 26.8 Å². The molecule has 136 valence electrons. The molecular weight excluding hydrogens is 349 g/mol. The molecule has 1 aromatic carbocycles. The first kappa shape index (κ1) is 17.7. The smallest absolute Gasteiger partial charge is 0.406 e. The van der Waals surface area contributed by atoms with Crippen LogP contribution in [0.5, 0.6) is 5.75 Å². The highest BCUT2D eigenvalue weighted by molar-refractivity contribution is 5.74. The molecule has 0 aliphatic carbocycles. The number of ether oxygens (including phenoxy) is 1. The number of nitrogens with two attached hydrogens (primary N) is 1. The molecule has 0 spiro atoms. The highest BCUT2D eigenvalue weighted by atomic mass is 19.4. The molecule has 6 nitrogen and oxygen atoms in total. The van der Waals surface area contributed by atoms with Crippen LogP contribution in [0.3, 0.4) is 0 Å². The zero-order valence-corrected chi connectivity index (χ0v) is 13.5. The van der Waals surface area contributed by atoms with Crippen molar-refractivity contribution >= 4 is 17.1 Å². The van der Waals surface area contributed by atoms with Gasteiger partial charge in [-0.3, -0.25) is 4.79 Å². The number of nitrogens with zero attached hydrogens (tertiary/aromatic N) is 3. The number of fused-ring (bicyclic) bond motifs is 1. The molecule has 2 heterocycles. The van der Waals surface area contributed by atoms with Gasteiger partial charge in [-0.05, 0) is 29.8 Å². The van der Waals surface area contributed by atoms with Crippen LogP contribution in [0, 0.1) is 0 Å². The van der Waals surface area contributed by atoms with Gasteiger partial charge in [-0.1, -0.05) is 12.1 Å². The van der Waals surface area contributed by atoms with E-state index in [1.165, 1.54) is 24.3 Å². The van der Waals surface area contributed by atoms with Crippen LogP contribution in [0.2, 0.25) is 0 Å². The predicted octanol–water partition coefficient (Wildman–Crippen LogP) is 2.80. The standard InChI is InChI=1S/C17H15F3N4O2/c18-17(19,20)26-12-5-3-11(4-6-12)10-24-15(8-7-14(21)25)23-13-2-1-9-22-16(13)24/h1-6,9H,7-8,10H2,(H2,21,25). The maximum absolute atomic E-state index is 12.2. The third-order valence-corrected chi connectivity index (χ3v) is 3.68. The molecule has 9 heteroatoms. The molecule has 0 saturated heterocycles. The first-order valence-corrected chi connectivity index (χ1v) is 7.75. The highest BCUT2D eigenvalue weighted by Crippen LogP contribution is 2.24. The van der Waals surface area contributed by atoms with Gasteiger partial charge >= 0.3 is 6.36 Å². The van der Waals surface area contributed by atoms with Crippen molar-refractivity contribution in [1.82, 2.24) is 14.5 Å². The molecule has 3 aromatic rings. The minimum Gasteiger partial charge on any atom is -0.406 e. The van der Waals surface area contributed by atoms with Gasteiger partial charge in [0.2, 0.25) is 5.91 Å². The van der Waals surface area contributed by atoms with Gasteiger partial charge in [0.05, 0.1) is 6.54 Å². The Labute approximate surface area is 146 Å². The van der Waals surface area contributed by atoms with E-state index >= 15 is 0 Å². The molecule has 0 radical (unpaired) electrons. The number of aromatic nitrogens is 3. The molecule has 0 unspecified atom stereocenters. The number of alkyl halides is 3. The molecular formula is C17H15F3N4O2. The normalized spacial score (nSPS) is 11.7. The number of amides is 1. The summed E-state index contributed by atoms with van der Waals surface area (Å²) in [6.45, 7) is 0.341. The molecule has 0 aliphatic heterocycles. The summed E-state index contributed by atoms with van der Waals surface area (Å²) in [6, 6.07) is 9.12. The summed E-state index contributed by atoms with van der Waals surface area (Å²) in [5.41, 5.74) is 7.25. The van der Waals surface area contributed by atoms with Gasteiger partial charge in [0.1, 0.15) is 17.1 Å². The van der Waals surface area contributed by atoms with Crippen LogP contribution in [0.4, 0.5) is 13.2 Å². The molecule has 3 rings (SSSR count). The van der Waals surface area contributed by atoms with E-state index in [9.17, 15) is 18.0 Å². The first-order valence-electron chi connectivity index (χ1n) is 7.75. The van der Waals surface area contributed by atoms with Crippen molar-refractivity contribution in [2.45, 2.75) is 25.7 Å². The van der Waals surface area contributed by atoms with Gasteiger partial charge in [0.15, 0.2) is 5.65 Å². The molecule has 0 saturated carbocycles. The Kier molecular flexibility index (Phi) is 4.79. The Balaban J connectivity index is 1.87. The summed E-state index contributed by atoms with van der Waals surface area (Å²) in [7, 11) is 0. The van der Waals surface area contributed by atoms with Crippen molar-refractivity contribution < 1.29 is 22.7 Å². The Hall–Kier alpha value is -3.10. The second-order valence-corrected chi connectivity index (χ2v) is 5.62. The van der Waals surface area contributed by atoms with E-state index in [4.69, 9.17) is 5.73 Å². The summed E-state index contributed by atoms with van der Waals surface area (Å²) < 4.78 is 42.4. The maximum atomic E-state index is 12.2. The fourth-order valence-electron chi connectivity index (χ4n) is 2.58. The summed E-state index contributed by atoms with van der Waals surface area (Å²) in [5.74, 6) is -0.0952. The number of primary amides is 1. The van der Waals surface area contributed by atoms with E-state index in [2.05, 4.69) is 14.7 Å². The summed E-state index contributed by atoms with van der Waals surface area (Å²) in [5, 5.41) is 0. The van der Waals surface area contributed by atoms with Gasteiger partial charge in [0, 0.05) is 19.0 Å². The largest absolute Gasteiger partial charge is 0.573 e. The lowest BCUT2D eigenvalue weighted by atomic mass is 10.2. The van der Waals surface area contributed by atoms with Crippen molar-refractivity contribution in [3.8, 4) is 5.75 Å². The second-order valence-electron chi connectivity index (χ2n) is 5.62. The van der Waals surface area contributed by atoms with Gasteiger partial charge in [-0.2, -0.15) is 0 Å². The van der Waals surface area contributed by atoms with Crippen LogP contribution >= 0.6 is 0 Å². The van der Waals surface area contributed by atoms with Crippen LogP contribution in [0.25, 0.3) is 11.2 Å². The molecule has 26 heavy (non-hydrogen) atoms. The minimum atomic E-state index is -4.73.